The summed E-state index contributed by atoms with van der Waals surface area (Å²) in [6, 6.07) is 27.1. The minimum absolute atomic E-state index is 0.0368. The fourth-order valence-corrected chi connectivity index (χ4v) is 9.21. The van der Waals surface area contributed by atoms with Crippen molar-refractivity contribution in [1.82, 2.24) is 0 Å². The van der Waals surface area contributed by atoms with Crippen molar-refractivity contribution in [2.24, 2.45) is 0 Å². The molecule has 0 saturated carbocycles. The molecule has 1 atom stereocenters. The number of benzene rings is 7. The molecule has 7 rings (SSSR count). The number of hydrogen-bond acceptors (Lipinski definition) is 2. The van der Waals surface area contributed by atoms with Gasteiger partial charge in [0.25, 0.3) is 0 Å². The van der Waals surface area contributed by atoms with Crippen molar-refractivity contribution in [1.29, 1.82) is 0 Å². The summed E-state index contributed by atoms with van der Waals surface area (Å²) in [6.45, 7) is 0. The first-order valence-corrected chi connectivity index (χ1v) is 21.3. The van der Waals surface area contributed by atoms with Crippen molar-refractivity contribution in [3.8, 4) is 0 Å². The van der Waals surface area contributed by atoms with Crippen LogP contribution in [0, 0.1) is 116 Å². The SMILES string of the molecule is C[S+](=O)(CC(=O)c1ccc(Cc2ccccc2)cc1)c1ccccc1.Fc1c(F)c(F)c([B-](c2c(F)c(F)c(F)c(F)c2F)(c2c(F)c(F)c(F)c(F)c2F)c2c(F)c(F)c(F)c(F)c2F)c(F)c1F. The van der Waals surface area contributed by atoms with E-state index in [1.807, 2.05) is 72.8 Å². The van der Waals surface area contributed by atoms with Gasteiger partial charge in [0.15, 0.2) is 80.5 Å². The Labute approximate surface area is 381 Å². The van der Waals surface area contributed by atoms with Crippen LogP contribution in [0.4, 0.5) is 87.8 Å². The highest BCUT2D eigenvalue weighted by molar-refractivity contribution is 8.03. The summed E-state index contributed by atoms with van der Waals surface area (Å²) in [6.07, 6.45) is -4.72. The molecule has 7 aromatic carbocycles. The number of carbonyl (C=O) groups is 1. The molecule has 0 aliphatic carbocycles. The summed E-state index contributed by atoms with van der Waals surface area (Å²) in [4.78, 5) is 13.3. The number of Topliss-reactive ketones (excluding diaryl/α,β-unsaturated/α-hetero) is 1. The van der Waals surface area contributed by atoms with Gasteiger partial charge in [-0.2, -0.15) is 0 Å². The Balaban J connectivity index is 0.000000270. The number of ketones is 1. The number of carbonyl (C=O) groups excluding carboxylic acids is 1. The lowest BCUT2D eigenvalue weighted by atomic mass is 9.12. The second-order valence-electron chi connectivity index (χ2n) is 15.0. The zero-order valence-electron chi connectivity index (χ0n) is 34.4. The highest BCUT2D eigenvalue weighted by atomic mass is 32.2. The highest BCUT2D eigenvalue weighted by Gasteiger charge is 2.52. The summed E-state index contributed by atoms with van der Waals surface area (Å²) in [5.41, 5.74) is -11.3. The summed E-state index contributed by atoms with van der Waals surface area (Å²) >= 11 is 0. The smallest absolute Gasteiger partial charge is 0.212 e. The molecule has 0 spiro atoms. The fraction of sp³-hybridized carbons (Fsp3) is 0.0652. The van der Waals surface area contributed by atoms with Gasteiger partial charge in [-0.15, -0.1) is 21.9 Å². The van der Waals surface area contributed by atoms with Gasteiger partial charge in [-0.1, -0.05) is 77.0 Å². The van der Waals surface area contributed by atoms with Crippen LogP contribution in [0.15, 0.2) is 89.8 Å². The van der Waals surface area contributed by atoms with E-state index >= 15 is 35.1 Å². The van der Waals surface area contributed by atoms with Gasteiger partial charge in [0.05, 0.1) is 0 Å². The van der Waals surface area contributed by atoms with Crippen LogP contribution in [0.1, 0.15) is 21.5 Å². The molecule has 0 radical (unpaired) electrons. The van der Waals surface area contributed by atoms with E-state index in [1.165, 1.54) is 5.56 Å². The third-order valence-corrected chi connectivity index (χ3v) is 13.0. The van der Waals surface area contributed by atoms with E-state index in [2.05, 4.69) is 12.1 Å². The molecule has 1 unspecified atom stereocenters. The zero-order valence-corrected chi connectivity index (χ0v) is 35.2. The molecule has 0 fully saturated rings. The fourth-order valence-electron chi connectivity index (χ4n) is 7.64. The van der Waals surface area contributed by atoms with E-state index in [0.29, 0.717) is 5.56 Å². The van der Waals surface area contributed by atoms with Gasteiger partial charge in [0.2, 0.25) is 5.78 Å². The predicted molar refractivity (Wildman–Crippen MR) is 213 cm³/mol. The molecular weight excluding hydrogens is 1010 g/mol. The Kier molecular flexibility index (Phi) is 14.8. The van der Waals surface area contributed by atoms with Crippen molar-refractivity contribution in [2.75, 3.05) is 12.0 Å². The molecule has 366 valence electrons. The monoisotopic (exact) mass is 1030 g/mol. The quantitative estimate of drug-likeness (QED) is 0.0342. The van der Waals surface area contributed by atoms with Crippen molar-refractivity contribution < 1.29 is 96.8 Å². The van der Waals surface area contributed by atoms with E-state index in [0.717, 1.165) is 16.9 Å². The van der Waals surface area contributed by atoms with Crippen LogP contribution in [0.25, 0.3) is 0 Å². The third kappa shape index (κ3) is 8.80. The minimum Gasteiger partial charge on any atom is -0.289 e. The van der Waals surface area contributed by atoms with Crippen LogP contribution in [-0.4, -0.2) is 23.9 Å². The normalized spacial score (nSPS) is 12.4. The molecule has 0 N–H and O–H groups in total. The Morgan fingerprint density at radius 1 is 0.357 bits per heavy atom. The Hall–Kier alpha value is -6.98. The van der Waals surface area contributed by atoms with Gasteiger partial charge in [-0.3, -0.25) is 4.79 Å². The maximum atomic E-state index is 15.4. The number of rotatable bonds is 10. The standard InChI is InChI=1S/C24BF20.C22H21O2S/c26-5-1(6(27)14(35)21(42)13(5)34)25(2-7(28)15(36)22(43)16(37)8(2)29,3-9(30)17(38)23(44)18(39)10(3)31)4-11(32)19(40)24(45)20(41)12(4)33;1-25(24,21-10-6-3-7-11-21)17-22(23)20-14-12-19(13-15-20)16-18-8-4-2-5-9-18/h;2-15H,16-17H2,1H3/q-1;+1. The summed E-state index contributed by atoms with van der Waals surface area (Å²) in [5, 5.41) is 0. The van der Waals surface area contributed by atoms with Crippen LogP contribution in [0.2, 0.25) is 0 Å². The molecule has 0 bridgehead atoms. The van der Waals surface area contributed by atoms with Crippen molar-refractivity contribution in [3.63, 3.8) is 0 Å². The molecule has 70 heavy (non-hydrogen) atoms. The van der Waals surface area contributed by atoms with Crippen LogP contribution in [-0.2, 0) is 20.6 Å². The summed E-state index contributed by atoms with van der Waals surface area (Å²) in [7, 11) is -2.37. The predicted octanol–water partition coefficient (Wildman–Crippen LogP) is 10.5. The second kappa shape index (κ2) is 19.8. The highest BCUT2D eigenvalue weighted by Crippen LogP contribution is 2.31. The van der Waals surface area contributed by atoms with E-state index < -0.39 is 154 Å². The summed E-state index contributed by atoms with van der Waals surface area (Å²) < 4.78 is 307. The molecule has 0 heterocycles. The van der Waals surface area contributed by atoms with E-state index in [1.54, 1.807) is 6.26 Å². The Morgan fingerprint density at radius 3 is 0.886 bits per heavy atom. The largest absolute Gasteiger partial charge is 0.289 e. The first-order chi connectivity index (χ1) is 32.7. The van der Waals surface area contributed by atoms with Crippen LogP contribution in [0.5, 0.6) is 0 Å². The summed E-state index contributed by atoms with van der Waals surface area (Å²) in [5.74, 6) is -71.4. The Bertz CT molecular complexity index is 2880. The van der Waals surface area contributed by atoms with Gasteiger partial charge >= 0.3 is 0 Å². The molecule has 0 saturated heterocycles. The number of halogens is 20. The van der Waals surface area contributed by atoms with Gasteiger partial charge in [-0.05, 0) is 29.7 Å². The van der Waals surface area contributed by atoms with E-state index in [4.69, 9.17) is 0 Å². The van der Waals surface area contributed by atoms with Crippen molar-refractivity contribution >= 4 is 43.7 Å². The average Bonchev–Trinajstić information content (AvgIpc) is 3.34. The third-order valence-electron chi connectivity index (χ3n) is 10.9. The maximum Gasteiger partial charge on any atom is 0.212 e. The first-order valence-electron chi connectivity index (χ1n) is 19.2. The van der Waals surface area contributed by atoms with Crippen LogP contribution < -0.4 is 21.9 Å². The topological polar surface area (TPSA) is 34.1 Å². The molecule has 24 heteroatoms. The average molecular weight is 1030 g/mol. The molecule has 0 aromatic heterocycles. The van der Waals surface area contributed by atoms with Crippen LogP contribution in [0.3, 0.4) is 0 Å². The Morgan fingerprint density at radius 2 is 0.600 bits per heavy atom. The lowest BCUT2D eigenvalue weighted by molar-refractivity contribution is 0.102. The van der Waals surface area contributed by atoms with Crippen molar-refractivity contribution in [3.05, 3.63) is 218 Å². The molecule has 0 aliphatic heterocycles. The number of hydrogen-bond donors (Lipinski definition) is 0. The van der Waals surface area contributed by atoms with Gasteiger partial charge in [0, 0.05) is 5.56 Å². The molecule has 7 aromatic rings. The van der Waals surface area contributed by atoms with Crippen molar-refractivity contribution in [2.45, 2.75) is 11.3 Å². The second-order valence-corrected chi connectivity index (χ2v) is 17.8. The zero-order chi connectivity index (χ0) is 52.1. The molecule has 0 aliphatic rings. The molecule has 0 amide bonds. The van der Waals surface area contributed by atoms with E-state index in [-0.39, 0.29) is 11.5 Å². The first kappa shape index (κ1) is 52.4. The van der Waals surface area contributed by atoms with Gasteiger partial charge in [-0.25, -0.2) is 87.8 Å². The lowest BCUT2D eigenvalue weighted by Crippen LogP contribution is -2.81. The minimum atomic E-state index is -7.22. The lowest BCUT2D eigenvalue weighted by Gasteiger charge is -2.44. The molecule has 2 nitrogen and oxygen atoms in total. The van der Waals surface area contributed by atoms with Gasteiger partial charge in [0.1, 0.15) is 68.9 Å². The van der Waals surface area contributed by atoms with E-state index in [9.17, 15) is 61.7 Å². The molecular formula is C46H21BF20O2S. The maximum absolute atomic E-state index is 15.4. The van der Waals surface area contributed by atoms with Gasteiger partial charge < -0.3 is 0 Å². The van der Waals surface area contributed by atoms with Crippen LogP contribution >= 0.6 is 0 Å².